The van der Waals surface area contributed by atoms with E-state index in [-0.39, 0.29) is 12.4 Å². The van der Waals surface area contributed by atoms with E-state index in [2.05, 4.69) is 21.0 Å². The van der Waals surface area contributed by atoms with Crippen molar-refractivity contribution in [2.24, 2.45) is 7.05 Å². The number of hydrogen-bond donors (Lipinski definition) is 1. The van der Waals surface area contributed by atoms with Gasteiger partial charge in [0.2, 0.25) is 0 Å². The molecule has 1 aromatic carbocycles. The Bertz CT molecular complexity index is 573. The average molecular weight is 342 g/mol. The summed E-state index contributed by atoms with van der Waals surface area (Å²) in [6.07, 6.45) is 1.73. The highest BCUT2D eigenvalue weighted by molar-refractivity contribution is 9.10. The number of aliphatic hydroxyl groups is 1. The van der Waals surface area contributed by atoms with E-state index < -0.39 is 0 Å². The Labute approximate surface area is 126 Å². The van der Waals surface area contributed by atoms with Crippen LogP contribution in [0.5, 0.6) is 0 Å². The Balaban J connectivity index is 2.13. The number of halogens is 2. The zero-order valence-corrected chi connectivity index (χ0v) is 12.8. The molecule has 0 atom stereocenters. The number of aryl methyl sites for hydroxylation is 1. The molecule has 0 bridgehead atoms. The molecule has 0 saturated heterocycles. The van der Waals surface area contributed by atoms with Crippen LogP contribution in [-0.4, -0.2) is 32.9 Å². The first-order valence-corrected chi connectivity index (χ1v) is 7.13. The van der Waals surface area contributed by atoms with Gasteiger partial charge in [-0.25, -0.2) is 4.39 Å². The molecule has 0 aliphatic carbocycles. The van der Waals surface area contributed by atoms with E-state index in [0.717, 1.165) is 10.2 Å². The molecule has 2 rings (SSSR count). The monoisotopic (exact) mass is 341 g/mol. The third kappa shape index (κ3) is 3.88. The third-order valence-corrected chi connectivity index (χ3v) is 3.62. The fourth-order valence-corrected chi connectivity index (χ4v) is 2.45. The molecule has 6 heteroatoms. The van der Waals surface area contributed by atoms with Crippen molar-refractivity contribution in [3.63, 3.8) is 0 Å². The lowest BCUT2D eigenvalue weighted by atomic mass is 10.2. The Kier molecular flexibility index (Phi) is 5.28. The molecule has 0 radical (unpaired) electrons. The van der Waals surface area contributed by atoms with E-state index in [0.29, 0.717) is 25.2 Å². The van der Waals surface area contributed by atoms with Crippen LogP contribution in [0.1, 0.15) is 11.3 Å². The van der Waals surface area contributed by atoms with Gasteiger partial charge in [0.25, 0.3) is 0 Å². The highest BCUT2D eigenvalue weighted by Gasteiger charge is 2.12. The molecule has 108 valence electrons. The lowest BCUT2D eigenvalue weighted by Gasteiger charge is -2.21. The van der Waals surface area contributed by atoms with Crippen LogP contribution in [-0.2, 0) is 20.1 Å². The quantitative estimate of drug-likeness (QED) is 0.876. The van der Waals surface area contributed by atoms with Crippen LogP contribution in [0, 0.1) is 5.82 Å². The first-order valence-electron chi connectivity index (χ1n) is 6.34. The summed E-state index contributed by atoms with van der Waals surface area (Å²) in [5.41, 5.74) is 1.63. The maximum absolute atomic E-state index is 13.8. The molecule has 2 aromatic rings. The van der Waals surface area contributed by atoms with Crippen LogP contribution < -0.4 is 0 Å². The summed E-state index contributed by atoms with van der Waals surface area (Å²) in [5.74, 6) is -0.235. The molecular formula is C14H17BrFN3O. The average Bonchev–Trinajstić information content (AvgIpc) is 2.80. The Morgan fingerprint density at radius 1 is 1.35 bits per heavy atom. The van der Waals surface area contributed by atoms with Crippen molar-refractivity contribution >= 4 is 15.9 Å². The number of benzene rings is 1. The fourth-order valence-electron chi connectivity index (χ4n) is 2.05. The van der Waals surface area contributed by atoms with E-state index in [1.165, 1.54) is 6.07 Å². The number of nitrogens with zero attached hydrogens (tertiary/aromatic N) is 3. The number of aromatic nitrogens is 2. The second-order valence-electron chi connectivity index (χ2n) is 4.62. The SMILES string of the molecule is Cn1nccc1CN(CCO)Cc1cc(Br)ccc1F. The summed E-state index contributed by atoms with van der Waals surface area (Å²) in [4.78, 5) is 1.99. The molecule has 0 fully saturated rings. The highest BCUT2D eigenvalue weighted by Crippen LogP contribution is 2.18. The van der Waals surface area contributed by atoms with Gasteiger partial charge in [-0.05, 0) is 24.3 Å². The number of aliphatic hydroxyl groups excluding tert-OH is 1. The molecule has 0 aliphatic rings. The van der Waals surface area contributed by atoms with Gasteiger partial charge in [0.1, 0.15) is 5.82 Å². The minimum absolute atomic E-state index is 0.0352. The van der Waals surface area contributed by atoms with E-state index in [9.17, 15) is 4.39 Å². The zero-order chi connectivity index (χ0) is 14.5. The van der Waals surface area contributed by atoms with Gasteiger partial charge in [-0.2, -0.15) is 5.10 Å². The normalized spacial score (nSPS) is 11.2. The van der Waals surface area contributed by atoms with Gasteiger partial charge in [-0.3, -0.25) is 9.58 Å². The number of hydrogen-bond acceptors (Lipinski definition) is 3. The van der Waals surface area contributed by atoms with Crippen LogP contribution in [0.3, 0.4) is 0 Å². The summed E-state index contributed by atoms with van der Waals surface area (Å²) >= 11 is 3.35. The van der Waals surface area contributed by atoms with E-state index >= 15 is 0 Å². The molecule has 0 spiro atoms. The molecule has 0 saturated carbocycles. The van der Waals surface area contributed by atoms with Gasteiger partial charge in [-0.1, -0.05) is 15.9 Å². The predicted molar refractivity (Wildman–Crippen MR) is 78.5 cm³/mol. The molecule has 1 N–H and O–H groups in total. The van der Waals surface area contributed by atoms with Crippen LogP contribution in [0.4, 0.5) is 4.39 Å². The van der Waals surface area contributed by atoms with Crippen molar-refractivity contribution in [1.82, 2.24) is 14.7 Å². The molecule has 0 aliphatic heterocycles. The Morgan fingerprint density at radius 3 is 2.80 bits per heavy atom. The summed E-state index contributed by atoms with van der Waals surface area (Å²) in [5, 5.41) is 13.3. The van der Waals surface area contributed by atoms with Crippen molar-refractivity contribution in [2.45, 2.75) is 13.1 Å². The second kappa shape index (κ2) is 6.97. The van der Waals surface area contributed by atoms with Crippen molar-refractivity contribution in [2.75, 3.05) is 13.2 Å². The first-order chi connectivity index (χ1) is 9.60. The van der Waals surface area contributed by atoms with Crippen molar-refractivity contribution in [3.05, 3.63) is 52.0 Å². The molecule has 4 nitrogen and oxygen atoms in total. The summed E-state index contributed by atoms with van der Waals surface area (Å²) < 4.78 is 16.4. The minimum Gasteiger partial charge on any atom is -0.395 e. The van der Waals surface area contributed by atoms with Crippen molar-refractivity contribution in [1.29, 1.82) is 0 Å². The standard InChI is InChI=1S/C14H17BrFN3O/c1-18-13(4-5-17-18)10-19(6-7-20)9-11-8-12(15)2-3-14(11)16/h2-5,8,20H,6-7,9-10H2,1H3. The largest absolute Gasteiger partial charge is 0.395 e. The fraction of sp³-hybridized carbons (Fsp3) is 0.357. The summed E-state index contributed by atoms with van der Waals surface area (Å²) in [7, 11) is 1.87. The predicted octanol–water partition coefficient (Wildman–Crippen LogP) is 2.32. The van der Waals surface area contributed by atoms with Crippen LogP contribution in [0.25, 0.3) is 0 Å². The maximum atomic E-state index is 13.8. The molecular weight excluding hydrogens is 325 g/mol. The molecule has 1 aromatic heterocycles. The smallest absolute Gasteiger partial charge is 0.127 e. The van der Waals surface area contributed by atoms with Crippen LogP contribution in [0.15, 0.2) is 34.9 Å². The Morgan fingerprint density at radius 2 is 2.15 bits per heavy atom. The van der Waals surface area contributed by atoms with Gasteiger partial charge in [-0.15, -0.1) is 0 Å². The maximum Gasteiger partial charge on any atom is 0.127 e. The topological polar surface area (TPSA) is 41.3 Å². The molecule has 1 heterocycles. The van der Waals surface area contributed by atoms with E-state index in [1.54, 1.807) is 23.0 Å². The molecule has 0 unspecified atom stereocenters. The van der Waals surface area contributed by atoms with E-state index in [1.807, 2.05) is 18.0 Å². The lowest BCUT2D eigenvalue weighted by Crippen LogP contribution is -2.27. The molecule has 20 heavy (non-hydrogen) atoms. The van der Waals surface area contributed by atoms with Gasteiger partial charge < -0.3 is 5.11 Å². The summed E-state index contributed by atoms with van der Waals surface area (Å²) in [6, 6.07) is 6.81. The first kappa shape index (κ1) is 15.2. The van der Waals surface area contributed by atoms with Crippen molar-refractivity contribution in [3.8, 4) is 0 Å². The van der Waals surface area contributed by atoms with Crippen molar-refractivity contribution < 1.29 is 9.50 Å². The zero-order valence-electron chi connectivity index (χ0n) is 11.3. The van der Waals surface area contributed by atoms with Crippen LogP contribution >= 0.6 is 15.9 Å². The minimum atomic E-state index is -0.235. The van der Waals surface area contributed by atoms with Gasteiger partial charge in [0.15, 0.2) is 0 Å². The highest BCUT2D eigenvalue weighted by atomic mass is 79.9. The van der Waals surface area contributed by atoms with Crippen LogP contribution in [0.2, 0.25) is 0 Å². The molecule has 0 amide bonds. The van der Waals surface area contributed by atoms with Gasteiger partial charge in [0.05, 0.1) is 12.3 Å². The Hall–Kier alpha value is -1.24. The number of rotatable bonds is 6. The summed E-state index contributed by atoms with van der Waals surface area (Å²) in [6.45, 7) is 1.57. The van der Waals surface area contributed by atoms with E-state index in [4.69, 9.17) is 5.11 Å². The lowest BCUT2D eigenvalue weighted by molar-refractivity contribution is 0.179. The second-order valence-corrected chi connectivity index (χ2v) is 5.53. The third-order valence-electron chi connectivity index (χ3n) is 3.13. The van der Waals surface area contributed by atoms with Gasteiger partial charge in [0, 0.05) is 42.9 Å². The van der Waals surface area contributed by atoms with Gasteiger partial charge >= 0.3 is 0 Å².